The molecule has 3 rings (SSSR count). The lowest BCUT2D eigenvalue weighted by Crippen LogP contribution is -2.36. The van der Waals surface area contributed by atoms with Crippen LogP contribution in [0.5, 0.6) is 0 Å². The van der Waals surface area contributed by atoms with Gasteiger partial charge in [0.25, 0.3) is 0 Å². The smallest absolute Gasteiger partial charge is 0.156 e. The highest BCUT2D eigenvalue weighted by atomic mass is 16.3. The second kappa shape index (κ2) is 3.91. The van der Waals surface area contributed by atoms with Gasteiger partial charge >= 0.3 is 0 Å². The second-order valence-electron chi connectivity index (χ2n) is 4.46. The van der Waals surface area contributed by atoms with Crippen LogP contribution in [0.25, 0.3) is 0 Å². The quantitative estimate of drug-likeness (QED) is 0.723. The number of benzene rings is 1. The normalized spacial score (nSPS) is 24.2. The van der Waals surface area contributed by atoms with E-state index in [0.29, 0.717) is 0 Å². The third-order valence-corrected chi connectivity index (χ3v) is 3.39. The zero-order valence-corrected chi connectivity index (χ0v) is 9.26. The third-order valence-electron chi connectivity index (χ3n) is 3.39. The summed E-state index contributed by atoms with van der Waals surface area (Å²) in [6.45, 7) is 0.925. The summed E-state index contributed by atoms with van der Waals surface area (Å²) in [6.07, 6.45) is 4.06. The number of nitrogens with zero attached hydrogens (tertiary/aromatic N) is 2. The predicted molar refractivity (Wildman–Crippen MR) is 63.7 cm³/mol. The summed E-state index contributed by atoms with van der Waals surface area (Å²) in [6, 6.07) is 7.88. The number of fused-ring (bicyclic) bond motifs is 2. The molecule has 84 valence electrons. The maximum atomic E-state index is 10.3. The number of aliphatic imine (C=N–C) groups is 1. The Morgan fingerprint density at radius 1 is 1.19 bits per heavy atom. The van der Waals surface area contributed by atoms with Crippen LogP contribution >= 0.6 is 0 Å². The number of para-hydroxylation sites is 1. The molecule has 0 radical (unpaired) electrons. The number of aliphatic hydroxyl groups excluding tert-OH is 1. The van der Waals surface area contributed by atoms with Gasteiger partial charge in [0.05, 0.1) is 5.69 Å². The first kappa shape index (κ1) is 9.85. The van der Waals surface area contributed by atoms with Crippen molar-refractivity contribution >= 4 is 11.5 Å². The van der Waals surface area contributed by atoms with E-state index in [0.717, 1.165) is 36.5 Å². The van der Waals surface area contributed by atoms with Crippen molar-refractivity contribution in [2.45, 2.75) is 31.9 Å². The van der Waals surface area contributed by atoms with E-state index in [1.807, 2.05) is 24.3 Å². The van der Waals surface area contributed by atoms with Crippen LogP contribution in [0.4, 0.5) is 5.69 Å². The average Bonchev–Trinajstić information content (AvgIpc) is 2.55. The van der Waals surface area contributed by atoms with Gasteiger partial charge in [-0.05, 0) is 18.9 Å². The van der Waals surface area contributed by atoms with Crippen LogP contribution in [-0.4, -0.2) is 22.4 Å². The molecule has 1 atom stereocenters. The van der Waals surface area contributed by atoms with Crippen molar-refractivity contribution in [3.63, 3.8) is 0 Å². The van der Waals surface area contributed by atoms with Crippen molar-refractivity contribution in [2.24, 2.45) is 4.99 Å². The van der Waals surface area contributed by atoms with E-state index in [1.54, 1.807) is 0 Å². The van der Waals surface area contributed by atoms with Crippen molar-refractivity contribution in [3.05, 3.63) is 29.8 Å². The summed E-state index contributed by atoms with van der Waals surface area (Å²) in [5, 5.41) is 10.3. The van der Waals surface area contributed by atoms with Crippen molar-refractivity contribution in [3.8, 4) is 0 Å². The molecule has 2 aliphatic heterocycles. The van der Waals surface area contributed by atoms with Crippen LogP contribution in [0, 0.1) is 0 Å². The molecule has 1 unspecified atom stereocenters. The summed E-state index contributed by atoms with van der Waals surface area (Å²) in [5.74, 6) is 1.06. The van der Waals surface area contributed by atoms with E-state index >= 15 is 0 Å². The van der Waals surface area contributed by atoms with Gasteiger partial charge in [0.1, 0.15) is 5.84 Å². The Labute approximate surface area is 95.4 Å². The molecular formula is C13H16N2O. The largest absolute Gasteiger partial charge is 0.369 e. The van der Waals surface area contributed by atoms with Gasteiger partial charge in [0.15, 0.2) is 6.23 Å². The molecule has 1 aromatic rings. The van der Waals surface area contributed by atoms with Crippen LogP contribution in [0.1, 0.15) is 37.5 Å². The minimum atomic E-state index is -0.498. The molecule has 0 aromatic heterocycles. The third kappa shape index (κ3) is 1.52. The van der Waals surface area contributed by atoms with Crippen LogP contribution in [0.2, 0.25) is 0 Å². The Balaban J connectivity index is 2.05. The maximum Gasteiger partial charge on any atom is 0.156 e. The fourth-order valence-electron chi connectivity index (χ4n) is 2.51. The van der Waals surface area contributed by atoms with Gasteiger partial charge in [0.2, 0.25) is 0 Å². The van der Waals surface area contributed by atoms with E-state index in [9.17, 15) is 5.11 Å². The number of hydrogen-bond donors (Lipinski definition) is 1. The van der Waals surface area contributed by atoms with Crippen molar-refractivity contribution < 1.29 is 5.11 Å². The van der Waals surface area contributed by atoms with Crippen LogP contribution in [0.3, 0.4) is 0 Å². The van der Waals surface area contributed by atoms with Crippen LogP contribution in [0.15, 0.2) is 29.3 Å². The Hall–Kier alpha value is -1.35. The summed E-state index contributed by atoms with van der Waals surface area (Å²) in [5.41, 5.74) is 1.87. The molecule has 0 aliphatic carbocycles. The van der Waals surface area contributed by atoms with Crippen molar-refractivity contribution in [1.82, 2.24) is 4.90 Å². The standard InChI is InChI=1S/C13H16N2O/c16-13-10-6-3-4-7-11(10)14-12-8-2-1-5-9-15(12)13/h3-4,6-7,13,16H,1-2,5,8-9H2. The minimum absolute atomic E-state index is 0.498. The summed E-state index contributed by atoms with van der Waals surface area (Å²) in [7, 11) is 0. The summed E-state index contributed by atoms with van der Waals surface area (Å²) < 4.78 is 0. The van der Waals surface area contributed by atoms with Gasteiger partial charge in [0, 0.05) is 18.5 Å². The maximum absolute atomic E-state index is 10.3. The second-order valence-corrected chi connectivity index (χ2v) is 4.46. The first-order valence-electron chi connectivity index (χ1n) is 5.97. The highest BCUT2D eigenvalue weighted by Gasteiger charge is 2.28. The molecule has 1 N–H and O–H groups in total. The average molecular weight is 216 g/mol. The lowest BCUT2D eigenvalue weighted by molar-refractivity contribution is 0.0501. The van der Waals surface area contributed by atoms with E-state index in [1.165, 1.54) is 12.8 Å². The van der Waals surface area contributed by atoms with E-state index in [-0.39, 0.29) is 0 Å². The molecule has 0 bridgehead atoms. The topological polar surface area (TPSA) is 35.8 Å². The van der Waals surface area contributed by atoms with Crippen molar-refractivity contribution in [2.75, 3.05) is 6.54 Å². The van der Waals surface area contributed by atoms with Gasteiger partial charge in [-0.3, -0.25) is 0 Å². The Kier molecular flexibility index (Phi) is 2.40. The molecular weight excluding hydrogens is 200 g/mol. The minimum Gasteiger partial charge on any atom is -0.369 e. The molecule has 2 heterocycles. The van der Waals surface area contributed by atoms with Gasteiger partial charge in [-0.15, -0.1) is 0 Å². The van der Waals surface area contributed by atoms with Gasteiger partial charge in [-0.2, -0.15) is 0 Å². The van der Waals surface area contributed by atoms with Gasteiger partial charge in [-0.25, -0.2) is 4.99 Å². The molecule has 0 amide bonds. The molecule has 1 fully saturated rings. The number of hydrogen-bond acceptors (Lipinski definition) is 3. The summed E-state index contributed by atoms with van der Waals surface area (Å²) in [4.78, 5) is 6.71. The number of aliphatic hydroxyl groups is 1. The molecule has 1 saturated heterocycles. The molecule has 3 heteroatoms. The molecule has 0 spiro atoms. The van der Waals surface area contributed by atoms with E-state index < -0.39 is 6.23 Å². The highest BCUT2D eigenvalue weighted by molar-refractivity contribution is 5.87. The van der Waals surface area contributed by atoms with Gasteiger partial charge < -0.3 is 10.0 Å². The monoisotopic (exact) mass is 216 g/mol. The number of amidine groups is 1. The fourth-order valence-corrected chi connectivity index (χ4v) is 2.51. The lowest BCUT2D eigenvalue weighted by atomic mass is 10.1. The van der Waals surface area contributed by atoms with E-state index in [2.05, 4.69) is 9.89 Å². The van der Waals surface area contributed by atoms with Gasteiger partial charge in [-0.1, -0.05) is 24.6 Å². The molecule has 16 heavy (non-hydrogen) atoms. The van der Waals surface area contributed by atoms with E-state index in [4.69, 9.17) is 0 Å². The Morgan fingerprint density at radius 3 is 3.00 bits per heavy atom. The molecule has 3 nitrogen and oxygen atoms in total. The van der Waals surface area contributed by atoms with Crippen molar-refractivity contribution in [1.29, 1.82) is 0 Å². The first-order valence-corrected chi connectivity index (χ1v) is 5.97. The van der Waals surface area contributed by atoms with Crippen LogP contribution < -0.4 is 0 Å². The molecule has 0 saturated carbocycles. The predicted octanol–water partition coefficient (Wildman–Crippen LogP) is 2.60. The zero-order valence-electron chi connectivity index (χ0n) is 9.26. The Morgan fingerprint density at radius 2 is 2.06 bits per heavy atom. The first-order chi connectivity index (χ1) is 7.86. The molecule has 1 aromatic carbocycles. The number of rotatable bonds is 0. The Bertz CT molecular complexity index is 428. The molecule has 2 aliphatic rings. The summed E-state index contributed by atoms with van der Waals surface area (Å²) >= 11 is 0. The highest BCUT2D eigenvalue weighted by Crippen LogP contribution is 2.35. The van der Waals surface area contributed by atoms with Crippen LogP contribution in [-0.2, 0) is 0 Å². The zero-order chi connectivity index (χ0) is 11.0. The lowest BCUT2D eigenvalue weighted by Gasteiger charge is -2.34. The fraction of sp³-hybridized carbons (Fsp3) is 0.462. The SMILES string of the molecule is OC1c2ccccc2N=C2CCCCCN21.